The Kier molecular flexibility index (Phi) is 5.48. The van der Waals surface area contributed by atoms with Gasteiger partial charge in [0.05, 0.1) is 23.8 Å². The monoisotopic (exact) mass is 489 g/mol. The third kappa shape index (κ3) is 4.05. The van der Waals surface area contributed by atoms with Gasteiger partial charge in [-0.1, -0.05) is 18.2 Å². The summed E-state index contributed by atoms with van der Waals surface area (Å²) >= 11 is 0. The summed E-state index contributed by atoms with van der Waals surface area (Å²) in [6.45, 7) is 9.51. The summed E-state index contributed by atoms with van der Waals surface area (Å²) in [5, 5.41) is 16.3. The predicted molar refractivity (Wildman–Crippen MR) is 124 cm³/mol. The topological polar surface area (TPSA) is 91.2 Å². The number of aromatic nitrogens is 3. The number of alkyl halides is 3. The van der Waals surface area contributed by atoms with Crippen LogP contribution in [0.25, 0.3) is 4.85 Å². The highest BCUT2D eigenvalue weighted by molar-refractivity contribution is 5.92. The number of anilines is 3. The molecule has 1 N–H and O–H groups in total. The van der Waals surface area contributed by atoms with Crippen LogP contribution in [0.15, 0.2) is 59.9 Å². The number of allylic oxidation sites excluding steroid dienone is 2. The van der Waals surface area contributed by atoms with Crippen molar-refractivity contribution in [2.45, 2.75) is 32.0 Å². The zero-order valence-electron chi connectivity index (χ0n) is 18.9. The molecule has 1 aliphatic heterocycles. The summed E-state index contributed by atoms with van der Waals surface area (Å²) < 4.78 is 41.8. The smallest absolute Gasteiger partial charge is 0.294 e. The summed E-state index contributed by atoms with van der Waals surface area (Å²) in [4.78, 5) is 22.0. The molecule has 5 rings (SSSR count). The Morgan fingerprint density at radius 1 is 1.22 bits per heavy atom. The Labute approximate surface area is 204 Å². The van der Waals surface area contributed by atoms with E-state index in [9.17, 15) is 18.0 Å². The highest BCUT2D eigenvalue weighted by Crippen LogP contribution is 2.44. The van der Waals surface area contributed by atoms with E-state index in [1.165, 1.54) is 21.7 Å². The molecule has 1 fully saturated rings. The van der Waals surface area contributed by atoms with Crippen molar-refractivity contribution in [2.24, 2.45) is 5.92 Å². The van der Waals surface area contributed by atoms with Gasteiger partial charge in [-0.2, -0.15) is 23.4 Å². The Balaban J connectivity index is 1.68. The summed E-state index contributed by atoms with van der Waals surface area (Å²) in [5.41, 5.74) is 0.957. The van der Waals surface area contributed by atoms with Crippen molar-refractivity contribution in [1.29, 1.82) is 5.26 Å². The van der Waals surface area contributed by atoms with Gasteiger partial charge in [-0.3, -0.25) is 15.0 Å². The van der Waals surface area contributed by atoms with Crippen LogP contribution >= 0.6 is 0 Å². The molecule has 0 radical (unpaired) electrons. The molecule has 0 saturated heterocycles. The molecule has 3 aromatic rings. The van der Waals surface area contributed by atoms with E-state index in [4.69, 9.17) is 11.8 Å². The Bertz CT molecular complexity index is 1470. The predicted octanol–water partition coefficient (Wildman–Crippen LogP) is 5.41. The average Bonchev–Trinajstić information content (AvgIpc) is 3.64. The summed E-state index contributed by atoms with van der Waals surface area (Å²) in [7, 11) is 0. The SMILES string of the molecule is [C-]#[N+]C1=C(C)N(c2cccc(C(F)(F)F)c2)c2nc(NC(=O)C3CC3)nn2[C@@H]1c1ccc(C#N)cc1. The van der Waals surface area contributed by atoms with E-state index < -0.39 is 17.8 Å². The number of halogens is 3. The van der Waals surface area contributed by atoms with Gasteiger partial charge in [0.1, 0.15) is 6.04 Å². The number of rotatable bonds is 4. The maximum atomic E-state index is 13.5. The summed E-state index contributed by atoms with van der Waals surface area (Å²) in [5.74, 6) is -0.192. The molecule has 8 nitrogen and oxygen atoms in total. The lowest BCUT2D eigenvalue weighted by Gasteiger charge is -2.34. The molecule has 0 spiro atoms. The number of fused-ring (bicyclic) bond motifs is 1. The van der Waals surface area contributed by atoms with E-state index in [-0.39, 0.29) is 35.1 Å². The van der Waals surface area contributed by atoms with Crippen LogP contribution in [0, 0.1) is 23.8 Å². The normalized spacial score (nSPS) is 17.3. The lowest BCUT2D eigenvalue weighted by atomic mass is 9.99. The van der Waals surface area contributed by atoms with Crippen LogP contribution in [0.5, 0.6) is 0 Å². The minimum Gasteiger partial charge on any atom is -0.294 e. The van der Waals surface area contributed by atoms with Gasteiger partial charge in [0.2, 0.25) is 17.6 Å². The molecular weight excluding hydrogens is 471 g/mol. The van der Waals surface area contributed by atoms with Gasteiger partial charge in [0.15, 0.2) is 0 Å². The van der Waals surface area contributed by atoms with E-state index in [0.717, 1.165) is 25.0 Å². The number of nitrogens with zero attached hydrogens (tertiary/aromatic N) is 6. The van der Waals surface area contributed by atoms with Crippen molar-refractivity contribution < 1.29 is 18.0 Å². The van der Waals surface area contributed by atoms with Crippen molar-refractivity contribution in [3.63, 3.8) is 0 Å². The largest absolute Gasteiger partial charge is 0.416 e. The molecule has 0 unspecified atom stereocenters. The highest BCUT2D eigenvalue weighted by Gasteiger charge is 2.38. The minimum absolute atomic E-state index is 0.00319. The first kappa shape index (κ1) is 23.1. The van der Waals surface area contributed by atoms with Crippen molar-refractivity contribution in [1.82, 2.24) is 14.8 Å². The highest BCUT2D eigenvalue weighted by atomic mass is 19.4. The molecule has 2 aliphatic rings. The zero-order chi connectivity index (χ0) is 25.6. The van der Waals surface area contributed by atoms with Gasteiger partial charge in [-0.05, 0) is 55.7 Å². The molecule has 1 aromatic heterocycles. The maximum absolute atomic E-state index is 13.5. The van der Waals surface area contributed by atoms with Gasteiger partial charge in [0, 0.05) is 17.3 Å². The molecule has 1 aliphatic carbocycles. The number of hydrogen-bond acceptors (Lipinski definition) is 5. The van der Waals surface area contributed by atoms with Gasteiger partial charge in [-0.15, -0.1) is 5.10 Å². The van der Waals surface area contributed by atoms with Gasteiger partial charge in [-0.25, -0.2) is 9.53 Å². The lowest BCUT2D eigenvalue weighted by molar-refractivity contribution is -0.137. The molecule has 1 atom stereocenters. The van der Waals surface area contributed by atoms with E-state index in [2.05, 4.69) is 20.2 Å². The van der Waals surface area contributed by atoms with E-state index in [1.807, 2.05) is 6.07 Å². The van der Waals surface area contributed by atoms with Crippen LogP contribution in [-0.4, -0.2) is 20.7 Å². The number of amides is 1. The fourth-order valence-electron chi connectivity index (χ4n) is 4.14. The van der Waals surface area contributed by atoms with Crippen molar-refractivity contribution >= 4 is 23.5 Å². The van der Waals surface area contributed by atoms with Gasteiger partial charge >= 0.3 is 6.18 Å². The summed E-state index contributed by atoms with van der Waals surface area (Å²) in [6.07, 6.45) is -3.02. The van der Waals surface area contributed by atoms with Gasteiger partial charge < -0.3 is 0 Å². The quantitative estimate of drug-likeness (QED) is 0.495. The first-order valence-corrected chi connectivity index (χ1v) is 11.0. The molecular formula is C25H18F3N7O. The first-order chi connectivity index (χ1) is 17.2. The Hall–Kier alpha value is -4.64. The lowest BCUT2D eigenvalue weighted by Crippen LogP contribution is -2.30. The minimum atomic E-state index is -4.56. The van der Waals surface area contributed by atoms with Crippen LogP contribution in [0.2, 0.25) is 0 Å². The van der Waals surface area contributed by atoms with Crippen LogP contribution in [-0.2, 0) is 11.0 Å². The summed E-state index contributed by atoms with van der Waals surface area (Å²) in [6, 6.07) is 12.6. The van der Waals surface area contributed by atoms with E-state index >= 15 is 0 Å². The Morgan fingerprint density at radius 2 is 1.94 bits per heavy atom. The second-order valence-electron chi connectivity index (χ2n) is 8.55. The second kappa shape index (κ2) is 8.54. The molecule has 11 heteroatoms. The van der Waals surface area contributed by atoms with E-state index in [0.29, 0.717) is 16.8 Å². The zero-order valence-corrected chi connectivity index (χ0v) is 18.9. The molecule has 180 valence electrons. The average molecular weight is 489 g/mol. The number of carbonyl (C=O) groups excluding carboxylic acids is 1. The molecule has 2 heterocycles. The van der Waals surface area contributed by atoms with E-state index in [1.54, 1.807) is 31.2 Å². The molecule has 0 bridgehead atoms. The number of hydrogen-bond donors (Lipinski definition) is 1. The fourth-order valence-corrected chi connectivity index (χ4v) is 4.14. The van der Waals surface area contributed by atoms with Crippen LogP contribution < -0.4 is 10.2 Å². The van der Waals surface area contributed by atoms with Crippen LogP contribution in [0.3, 0.4) is 0 Å². The molecule has 1 amide bonds. The second-order valence-corrected chi connectivity index (χ2v) is 8.55. The third-order valence-electron chi connectivity index (χ3n) is 6.11. The van der Waals surface area contributed by atoms with Crippen LogP contribution in [0.4, 0.5) is 30.8 Å². The number of carbonyl (C=O) groups is 1. The third-order valence-corrected chi connectivity index (χ3v) is 6.11. The molecule has 36 heavy (non-hydrogen) atoms. The van der Waals surface area contributed by atoms with Gasteiger partial charge in [0.25, 0.3) is 5.95 Å². The van der Waals surface area contributed by atoms with Crippen LogP contribution in [0.1, 0.15) is 42.5 Å². The molecule has 1 saturated carbocycles. The Morgan fingerprint density at radius 3 is 2.56 bits per heavy atom. The fraction of sp³-hybridized carbons (Fsp3) is 0.240. The first-order valence-electron chi connectivity index (χ1n) is 11.0. The van der Waals surface area contributed by atoms with Crippen molar-refractivity contribution in [3.05, 3.63) is 88.0 Å². The molecule has 2 aromatic carbocycles. The number of nitrogens with one attached hydrogen (secondary N) is 1. The standard InChI is InChI=1S/C25H18F3N7O/c1-14-20(30-2)21(16-8-6-15(13-29)7-9-16)35-24(32-23(33-35)31-22(36)17-10-11-17)34(14)19-5-3-4-18(12-19)25(26,27)28/h3-9,12,17,21H,10-11H2,1H3,(H,31,33,36)/t21-/m1/s1. The number of benzene rings is 2. The van der Waals surface area contributed by atoms with Crippen molar-refractivity contribution in [3.8, 4) is 6.07 Å². The maximum Gasteiger partial charge on any atom is 0.416 e. The number of nitriles is 1. The van der Waals surface area contributed by atoms with Crippen molar-refractivity contribution in [2.75, 3.05) is 10.2 Å².